The van der Waals surface area contributed by atoms with Gasteiger partial charge in [0, 0.05) is 32.1 Å². The second-order valence-corrected chi connectivity index (χ2v) is 3.97. The molecule has 0 spiro atoms. The topological polar surface area (TPSA) is 69.3 Å². The summed E-state index contributed by atoms with van der Waals surface area (Å²) in [6.07, 6.45) is 4.69. The maximum absolute atomic E-state index is 11.5. The summed E-state index contributed by atoms with van der Waals surface area (Å²) in [5.74, 6) is -0.0192. The lowest BCUT2D eigenvalue weighted by molar-refractivity contribution is -0.121. The van der Waals surface area contributed by atoms with Crippen molar-refractivity contribution >= 4 is 5.91 Å². The molecule has 1 rings (SSSR count). The first kappa shape index (κ1) is 13.7. The van der Waals surface area contributed by atoms with Gasteiger partial charge in [0.25, 0.3) is 0 Å². The molecule has 1 amide bonds. The van der Waals surface area contributed by atoms with Gasteiger partial charge in [-0.05, 0) is 18.1 Å². The minimum absolute atomic E-state index is 0.0192. The van der Waals surface area contributed by atoms with Crippen molar-refractivity contribution in [3.05, 3.63) is 24.0 Å². The second kappa shape index (κ2) is 7.09. The smallest absolute Gasteiger partial charge is 0.239 e. The highest BCUT2D eigenvalue weighted by molar-refractivity contribution is 5.75. The number of nitrogens with zero attached hydrogens (tertiary/aromatic N) is 1. The molecule has 1 aromatic rings. The predicted molar refractivity (Wildman–Crippen MR) is 66.5 cm³/mol. The predicted octanol–water partition coefficient (Wildman–Crippen LogP) is 0.660. The Morgan fingerprint density at radius 1 is 1.65 bits per heavy atom. The van der Waals surface area contributed by atoms with E-state index in [0.717, 1.165) is 12.0 Å². The summed E-state index contributed by atoms with van der Waals surface area (Å²) in [7, 11) is 1.61. The molecule has 0 aliphatic heterocycles. The van der Waals surface area contributed by atoms with E-state index in [-0.39, 0.29) is 11.9 Å². The van der Waals surface area contributed by atoms with E-state index in [4.69, 9.17) is 10.5 Å². The highest BCUT2D eigenvalue weighted by atomic mass is 16.5. The lowest BCUT2D eigenvalue weighted by atomic mass is 10.1. The molecule has 0 fully saturated rings. The van der Waals surface area contributed by atoms with Gasteiger partial charge in [-0.2, -0.15) is 0 Å². The Morgan fingerprint density at radius 2 is 2.41 bits per heavy atom. The fraction of sp³-hybridized carbons (Fsp3) is 0.583. The summed E-state index contributed by atoms with van der Waals surface area (Å²) in [5.41, 5.74) is 6.97. The summed E-state index contributed by atoms with van der Waals surface area (Å²) in [4.78, 5) is 11.5. The number of rotatable bonds is 7. The summed E-state index contributed by atoms with van der Waals surface area (Å²) in [6.45, 7) is 3.43. The van der Waals surface area contributed by atoms with Crippen LogP contribution >= 0.6 is 0 Å². The van der Waals surface area contributed by atoms with E-state index >= 15 is 0 Å². The molecule has 3 N–H and O–H groups in total. The third-order valence-corrected chi connectivity index (χ3v) is 2.60. The molecule has 5 nitrogen and oxygen atoms in total. The number of ether oxygens (including phenoxy) is 1. The first-order valence-corrected chi connectivity index (χ1v) is 5.84. The standard InChI is InChI=1S/C12H21N3O2/c1-3-11(13)10-4-6-15(8-10)9-12(16)14-5-7-17-2/h4,6,8,11H,3,5,7,9,13H2,1-2H3,(H,14,16). The van der Waals surface area contributed by atoms with Crippen molar-refractivity contribution in [3.8, 4) is 0 Å². The number of hydrogen-bond donors (Lipinski definition) is 2. The van der Waals surface area contributed by atoms with Crippen LogP contribution in [0.3, 0.4) is 0 Å². The van der Waals surface area contributed by atoms with E-state index in [2.05, 4.69) is 5.32 Å². The van der Waals surface area contributed by atoms with Crippen molar-refractivity contribution in [2.75, 3.05) is 20.3 Å². The summed E-state index contributed by atoms with van der Waals surface area (Å²) >= 11 is 0. The minimum Gasteiger partial charge on any atom is -0.383 e. The summed E-state index contributed by atoms with van der Waals surface area (Å²) < 4.78 is 6.69. The van der Waals surface area contributed by atoms with Crippen LogP contribution in [0.25, 0.3) is 0 Å². The minimum atomic E-state index is -0.0192. The molecular weight excluding hydrogens is 218 g/mol. The Bertz CT molecular complexity index is 349. The Morgan fingerprint density at radius 3 is 3.06 bits per heavy atom. The molecule has 0 radical (unpaired) electrons. The van der Waals surface area contributed by atoms with E-state index in [1.165, 1.54) is 0 Å². The molecule has 17 heavy (non-hydrogen) atoms. The Kier molecular flexibility index (Phi) is 5.72. The lowest BCUT2D eigenvalue weighted by Crippen LogP contribution is -2.30. The maximum Gasteiger partial charge on any atom is 0.239 e. The van der Waals surface area contributed by atoms with Crippen molar-refractivity contribution in [1.82, 2.24) is 9.88 Å². The van der Waals surface area contributed by atoms with E-state index in [1.807, 2.05) is 30.0 Å². The van der Waals surface area contributed by atoms with Gasteiger partial charge in [0.15, 0.2) is 0 Å². The molecule has 1 heterocycles. The van der Waals surface area contributed by atoms with Crippen molar-refractivity contribution in [3.63, 3.8) is 0 Å². The zero-order valence-corrected chi connectivity index (χ0v) is 10.5. The van der Waals surface area contributed by atoms with Gasteiger partial charge >= 0.3 is 0 Å². The molecule has 5 heteroatoms. The molecule has 0 aliphatic carbocycles. The Balaban J connectivity index is 2.40. The quantitative estimate of drug-likeness (QED) is 0.687. The molecular formula is C12H21N3O2. The zero-order chi connectivity index (χ0) is 12.7. The number of amides is 1. The molecule has 0 bridgehead atoms. The fourth-order valence-corrected chi connectivity index (χ4v) is 1.53. The molecule has 1 atom stereocenters. The van der Waals surface area contributed by atoms with Crippen LogP contribution in [-0.2, 0) is 16.1 Å². The van der Waals surface area contributed by atoms with E-state index < -0.39 is 0 Å². The van der Waals surface area contributed by atoms with E-state index in [9.17, 15) is 4.79 Å². The van der Waals surface area contributed by atoms with Crippen molar-refractivity contribution < 1.29 is 9.53 Å². The zero-order valence-electron chi connectivity index (χ0n) is 10.5. The van der Waals surface area contributed by atoms with E-state index in [0.29, 0.717) is 19.7 Å². The third kappa shape index (κ3) is 4.58. The maximum atomic E-state index is 11.5. The average Bonchev–Trinajstić information content (AvgIpc) is 2.77. The van der Waals surface area contributed by atoms with Gasteiger partial charge in [0.1, 0.15) is 6.54 Å². The van der Waals surface area contributed by atoms with Crippen LogP contribution in [0, 0.1) is 0 Å². The number of aromatic nitrogens is 1. The van der Waals surface area contributed by atoms with Crippen LogP contribution in [0.1, 0.15) is 24.9 Å². The Labute approximate surface area is 102 Å². The van der Waals surface area contributed by atoms with Crippen LogP contribution in [0.4, 0.5) is 0 Å². The van der Waals surface area contributed by atoms with Crippen LogP contribution in [0.2, 0.25) is 0 Å². The average molecular weight is 239 g/mol. The van der Waals surface area contributed by atoms with Crippen molar-refractivity contribution in [2.24, 2.45) is 5.73 Å². The molecule has 96 valence electrons. The summed E-state index contributed by atoms with van der Waals surface area (Å²) in [5, 5.41) is 2.77. The number of nitrogens with one attached hydrogen (secondary N) is 1. The van der Waals surface area contributed by atoms with Gasteiger partial charge in [-0.15, -0.1) is 0 Å². The molecule has 0 saturated carbocycles. The Hall–Kier alpha value is -1.33. The second-order valence-electron chi connectivity index (χ2n) is 3.97. The number of nitrogens with two attached hydrogens (primary N) is 1. The highest BCUT2D eigenvalue weighted by Crippen LogP contribution is 2.13. The first-order valence-electron chi connectivity index (χ1n) is 5.84. The van der Waals surface area contributed by atoms with Crippen LogP contribution in [0.5, 0.6) is 0 Å². The van der Waals surface area contributed by atoms with Gasteiger partial charge in [0.2, 0.25) is 5.91 Å². The normalized spacial score (nSPS) is 12.4. The largest absolute Gasteiger partial charge is 0.383 e. The number of carbonyl (C=O) groups excluding carboxylic acids is 1. The van der Waals surface area contributed by atoms with Crippen LogP contribution < -0.4 is 11.1 Å². The number of methoxy groups -OCH3 is 1. The van der Waals surface area contributed by atoms with Crippen molar-refractivity contribution in [1.29, 1.82) is 0 Å². The molecule has 0 aromatic carbocycles. The molecule has 0 saturated heterocycles. The van der Waals surface area contributed by atoms with Gasteiger partial charge in [-0.3, -0.25) is 4.79 Å². The number of carbonyl (C=O) groups is 1. The van der Waals surface area contributed by atoms with Gasteiger partial charge in [-0.25, -0.2) is 0 Å². The van der Waals surface area contributed by atoms with E-state index in [1.54, 1.807) is 7.11 Å². The van der Waals surface area contributed by atoms with Gasteiger partial charge in [-0.1, -0.05) is 6.92 Å². The molecule has 1 unspecified atom stereocenters. The van der Waals surface area contributed by atoms with Crippen LogP contribution in [-0.4, -0.2) is 30.7 Å². The molecule has 0 aliphatic rings. The third-order valence-electron chi connectivity index (χ3n) is 2.60. The molecule has 1 aromatic heterocycles. The van der Waals surface area contributed by atoms with Gasteiger partial charge in [0.05, 0.1) is 6.61 Å². The highest BCUT2D eigenvalue weighted by Gasteiger charge is 2.07. The fourth-order valence-electron chi connectivity index (χ4n) is 1.53. The SMILES string of the molecule is CCC(N)c1ccn(CC(=O)NCCOC)c1. The monoisotopic (exact) mass is 239 g/mol. The first-order chi connectivity index (χ1) is 8.17. The van der Waals surface area contributed by atoms with Crippen molar-refractivity contribution in [2.45, 2.75) is 25.9 Å². The lowest BCUT2D eigenvalue weighted by Gasteiger charge is -2.06. The van der Waals surface area contributed by atoms with Crippen LogP contribution in [0.15, 0.2) is 18.5 Å². The number of hydrogen-bond acceptors (Lipinski definition) is 3. The summed E-state index contributed by atoms with van der Waals surface area (Å²) in [6, 6.07) is 2.00. The van der Waals surface area contributed by atoms with Gasteiger partial charge < -0.3 is 20.4 Å².